The van der Waals surface area contributed by atoms with Crippen molar-refractivity contribution < 1.29 is 24.6 Å². The number of aliphatic hydroxyl groups is 1. The van der Waals surface area contributed by atoms with E-state index in [1.165, 1.54) is 24.9 Å². The lowest BCUT2D eigenvalue weighted by molar-refractivity contribution is -0.161. The van der Waals surface area contributed by atoms with Crippen LogP contribution in [0, 0.1) is 5.92 Å². The van der Waals surface area contributed by atoms with E-state index in [9.17, 15) is 24.6 Å². The summed E-state index contributed by atoms with van der Waals surface area (Å²) in [7, 11) is 0. The molecule has 0 aromatic carbocycles. The van der Waals surface area contributed by atoms with Gasteiger partial charge in [-0.3, -0.25) is 9.59 Å². The summed E-state index contributed by atoms with van der Waals surface area (Å²) in [5.41, 5.74) is -0.0284. The Hall–Kier alpha value is -1.80. The van der Waals surface area contributed by atoms with Crippen LogP contribution in [0.25, 0.3) is 0 Å². The monoisotopic (exact) mass is 312 g/mol. The molecule has 0 radical (unpaired) electrons. The summed E-state index contributed by atoms with van der Waals surface area (Å²) in [6.45, 7) is 2.90. The van der Waals surface area contributed by atoms with Gasteiger partial charge in [0.1, 0.15) is 5.70 Å². The van der Waals surface area contributed by atoms with Crippen molar-refractivity contribution in [3.8, 4) is 0 Å². The van der Waals surface area contributed by atoms with Crippen LogP contribution >= 0.6 is 11.8 Å². The van der Waals surface area contributed by atoms with Crippen molar-refractivity contribution in [1.82, 2.24) is 10.2 Å². The number of rotatable bonds is 5. The Morgan fingerprint density at radius 2 is 2.19 bits per heavy atom. The summed E-state index contributed by atoms with van der Waals surface area (Å²) in [6, 6.07) is -0.291. The Morgan fingerprint density at radius 3 is 2.71 bits per heavy atom. The minimum Gasteiger partial charge on any atom is -0.477 e. The second-order valence-corrected chi connectivity index (χ2v) is 5.94. The third-order valence-corrected chi connectivity index (χ3v) is 4.37. The molecule has 0 spiro atoms. The average Bonchev–Trinajstić information content (AvgIpc) is 2.68. The Balaban J connectivity index is 2.13. The maximum Gasteiger partial charge on any atom is 0.353 e. The quantitative estimate of drug-likeness (QED) is 0.628. The lowest BCUT2D eigenvalue weighted by atomic mass is 9.83. The molecule has 0 aromatic heterocycles. The first-order valence-electron chi connectivity index (χ1n) is 6.41. The number of thioether (sulfide) groups is 1. The van der Waals surface area contributed by atoms with Crippen LogP contribution in [0.3, 0.4) is 0 Å². The number of hydrogen-bond donors (Lipinski definition) is 3. The molecule has 2 aliphatic rings. The number of β-lactam (4-membered cyclic amide) rings is 1. The zero-order valence-corrected chi connectivity index (χ0v) is 12.4. The van der Waals surface area contributed by atoms with Crippen LogP contribution in [0.4, 0.5) is 0 Å². The highest BCUT2D eigenvalue weighted by Gasteiger charge is 2.56. The average molecular weight is 312 g/mol. The van der Waals surface area contributed by atoms with Crippen molar-refractivity contribution in [2.45, 2.75) is 32.4 Å². The van der Waals surface area contributed by atoms with Crippen LogP contribution < -0.4 is 5.32 Å². The maximum absolute atomic E-state index is 11.9. The topological polar surface area (TPSA) is 107 Å². The van der Waals surface area contributed by atoms with E-state index < -0.39 is 18.0 Å². The molecule has 2 amide bonds. The van der Waals surface area contributed by atoms with E-state index in [0.717, 1.165) is 11.8 Å². The van der Waals surface area contributed by atoms with Crippen LogP contribution in [-0.4, -0.2) is 45.0 Å². The lowest BCUT2D eigenvalue weighted by Gasteiger charge is -2.44. The number of nitrogens with one attached hydrogen (secondary N) is 1. The Kier molecular flexibility index (Phi) is 4.38. The van der Waals surface area contributed by atoms with Crippen molar-refractivity contribution in [3.05, 3.63) is 22.2 Å². The standard InChI is InChI=1S/C13H16N2O5S/c1-6(16)10-8-5-9(21-4-3-14-7(2)17)11(13(19)20)15(8)12(10)18/h3-4,6,8,10,16H,5H2,1-2H3,(H,14,17)(H,19,20)/t6-,8+,10+/m0/s1. The number of aliphatic carboxylic acids is 1. The maximum atomic E-state index is 11.9. The van der Waals surface area contributed by atoms with Crippen LogP contribution in [0.5, 0.6) is 0 Å². The molecule has 0 aliphatic carbocycles. The smallest absolute Gasteiger partial charge is 0.353 e. The van der Waals surface area contributed by atoms with E-state index in [2.05, 4.69) is 5.32 Å². The molecule has 8 heteroatoms. The van der Waals surface area contributed by atoms with Gasteiger partial charge in [-0.05, 0) is 12.3 Å². The third kappa shape index (κ3) is 2.81. The number of amides is 2. The van der Waals surface area contributed by atoms with Gasteiger partial charge in [0.05, 0.1) is 18.1 Å². The second kappa shape index (κ2) is 5.90. The molecule has 21 heavy (non-hydrogen) atoms. The predicted molar refractivity (Wildman–Crippen MR) is 75.6 cm³/mol. The zero-order valence-electron chi connectivity index (χ0n) is 11.6. The Labute approximate surface area is 125 Å². The Bertz CT molecular complexity index is 555. The van der Waals surface area contributed by atoms with Gasteiger partial charge in [0.15, 0.2) is 0 Å². The van der Waals surface area contributed by atoms with Crippen molar-refractivity contribution in [1.29, 1.82) is 0 Å². The van der Waals surface area contributed by atoms with Gasteiger partial charge in [-0.1, -0.05) is 11.8 Å². The minimum atomic E-state index is -1.16. The van der Waals surface area contributed by atoms with E-state index in [4.69, 9.17) is 0 Å². The summed E-state index contributed by atoms with van der Waals surface area (Å²) in [5, 5.41) is 22.9. The van der Waals surface area contributed by atoms with Gasteiger partial charge < -0.3 is 20.4 Å². The van der Waals surface area contributed by atoms with Crippen LogP contribution in [-0.2, 0) is 14.4 Å². The highest BCUT2D eigenvalue weighted by atomic mass is 32.2. The van der Waals surface area contributed by atoms with Crippen LogP contribution in [0.2, 0.25) is 0 Å². The SMILES string of the molecule is CC(=O)NC=CSC1=C(C(=O)O)N2C(=O)[C@H]([C@H](C)O)[C@H]2C1. The van der Waals surface area contributed by atoms with Gasteiger partial charge in [0.25, 0.3) is 0 Å². The number of hydrogen-bond acceptors (Lipinski definition) is 5. The summed E-state index contributed by atoms with van der Waals surface area (Å²) < 4.78 is 0. The fourth-order valence-corrected chi connectivity index (χ4v) is 3.47. The van der Waals surface area contributed by atoms with Crippen molar-refractivity contribution in [2.75, 3.05) is 0 Å². The van der Waals surface area contributed by atoms with Crippen molar-refractivity contribution >= 4 is 29.5 Å². The molecule has 0 unspecified atom stereocenters. The van der Waals surface area contributed by atoms with Crippen LogP contribution in [0.15, 0.2) is 22.2 Å². The molecular formula is C13H16N2O5S. The van der Waals surface area contributed by atoms with Crippen LogP contribution in [0.1, 0.15) is 20.3 Å². The molecule has 0 bridgehead atoms. The number of fused-ring (bicyclic) bond motifs is 1. The number of aliphatic hydroxyl groups excluding tert-OH is 1. The highest BCUT2D eigenvalue weighted by molar-refractivity contribution is 8.05. The molecule has 3 atom stereocenters. The van der Waals surface area contributed by atoms with Gasteiger partial charge in [-0.25, -0.2) is 4.79 Å². The molecule has 0 saturated carbocycles. The molecule has 0 aromatic rings. The predicted octanol–water partition coefficient (Wildman–Crippen LogP) is 0.235. The molecule has 1 saturated heterocycles. The number of carbonyl (C=O) groups excluding carboxylic acids is 2. The molecule has 114 valence electrons. The molecule has 3 N–H and O–H groups in total. The summed E-state index contributed by atoms with van der Waals surface area (Å²) in [5.74, 6) is -2.28. The molecule has 2 aliphatic heterocycles. The normalized spacial score (nSPS) is 25.9. The van der Waals surface area contributed by atoms with Gasteiger partial charge >= 0.3 is 5.97 Å². The minimum absolute atomic E-state index is 0.0284. The zero-order chi connectivity index (χ0) is 15.7. The van der Waals surface area contributed by atoms with E-state index in [-0.39, 0.29) is 23.6 Å². The molecular weight excluding hydrogens is 296 g/mol. The number of carbonyl (C=O) groups is 3. The number of carboxylic acid groups (broad SMARTS) is 1. The van der Waals surface area contributed by atoms with E-state index in [0.29, 0.717) is 11.3 Å². The van der Waals surface area contributed by atoms with Gasteiger partial charge in [-0.2, -0.15) is 0 Å². The first kappa shape index (κ1) is 15.6. The third-order valence-electron chi connectivity index (χ3n) is 3.46. The second-order valence-electron chi connectivity index (χ2n) is 4.94. The van der Waals surface area contributed by atoms with E-state index >= 15 is 0 Å². The van der Waals surface area contributed by atoms with Gasteiger partial charge in [0, 0.05) is 24.4 Å². The lowest BCUT2D eigenvalue weighted by Crippen LogP contribution is -2.61. The summed E-state index contributed by atoms with van der Waals surface area (Å²) in [4.78, 5) is 35.8. The number of carboxylic acids is 1. The van der Waals surface area contributed by atoms with Gasteiger partial charge in [-0.15, -0.1) is 0 Å². The van der Waals surface area contributed by atoms with E-state index in [1.54, 1.807) is 5.41 Å². The number of nitrogens with zero attached hydrogens (tertiary/aromatic N) is 1. The molecule has 2 heterocycles. The first-order chi connectivity index (χ1) is 9.84. The van der Waals surface area contributed by atoms with Crippen molar-refractivity contribution in [3.63, 3.8) is 0 Å². The highest BCUT2D eigenvalue weighted by Crippen LogP contribution is 2.47. The largest absolute Gasteiger partial charge is 0.477 e. The summed E-state index contributed by atoms with van der Waals surface area (Å²) >= 11 is 1.15. The Morgan fingerprint density at radius 1 is 1.52 bits per heavy atom. The molecule has 2 rings (SSSR count). The molecule has 7 nitrogen and oxygen atoms in total. The fraction of sp³-hybridized carbons (Fsp3) is 0.462. The van der Waals surface area contributed by atoms with Gasteiger partial charge in [0.2, 0.25) is 11.8 Å². The fourth-order valence-electron chi connectivity index (χ4n) is 2.60. The first-order valence-corrected chi connectivity index (χ1v) is 7.29. The molecule has 1 fully saturated rings. The van der Waals surface area contributed by atoms with E-state index in [1.807, 2.05) is 0 Å². The summed E-state index contributed by atoms with van der Waals surface area (Å²) in [6.07, 6.45) is 1.02. The van der Waals surface area contributed by atoms with Crippen molar-refractivity contribution in [2.24, 2.45) is 5.92 Å².